The van der Waals surface area contributed by atoms with Crippen molar-refractivity contribution in [3.05, 3.63) is 46.1 Å². The van der Waals surface area contributed by atoms with Crippen molar-refractivity contribution in [2.24, 2.45) is 0 Å². The molecule has 11 nitrogen and oxygen atoms in total. The molecule has 1 aromatic carbocycles. The van der Waals surface area contributed by atoms with Gasteiger partial charge in [0.2, 0.25) is 11.0 Å². The maximum atomic E-state index is 12.8. The fraction of sp³-hybridized carbons (Fsp3) is 0.300. The molecular weight excluding hydrogens is 493 g/mol. The number of anilines is 1. The summed E-state index contributed by atoms with van der Waals surface area (Å²) >= 11 is 2.55. The van der Waals surface area contributed by atoms with E-state index in [1.807, 2.05) is 0 Å². The number of hydrogen-bond acceptors (Lipinski definition) is 9. The number of carbonyl (C=O) groups is 4. The summed E-state index contributed by atoms with van der Waals surface area (Å²) in [6.07, 6.45) is -0.214. The number of aliphatic carboxylic acids is 1. The van der Waals surface area contributed by atoms with E-state index in [-0.39, 0.29) is 54.4 Å². The molecule has 0 spiro atoms. The molecule has 0 aliphatic carbocycles. The van der Waals surface area contributed by atoms with Crippen molar-refractivity contribution in [2.75, 3.05) is 24.7 Å². The number of rotatable bonds is 7. The molecule has 174 valence electrons. The third-order valence-electron chi connectivity index (χ3n) is 5.14. The number of aromatic carboxylic acids is 1. The minimum atomic E-state index is -1.26. The van der Waals surface area contributed by atoms with Crippen LogP contribution in [0.1, 0.15) is 22.4 Å². The molecule has 1 unspecified atom stereocenters. The van der Waals surface area contributed by atoms with E-state index in [0.29, 0.717) is 21.3 Å². The Morgan fingerprint density at radius 2 is 1.91 bits per heavy atom. The monoisotopic (exact) mass is 513 g/mol. The van der Waals surface area contributed by atoms with Gasteiger partial charge in [-0.3, -0.25) is 14.5 Å². The zero-order valence-corrected chi connectivity index (χ0v) is 22.1. The summed E-state index contributed by atoms with van der Waals surface area (Å²) in [4.78, 5) is 51.7. The Labute approximate surface area is 226 Å². The average molecular weight is 514 g/mol. The fourth-order valence-electron chi connectivity index (χ4n) is 3.58. The average Bonchev–Trinajstić information content (AvgIpc) is 3.27. The maximum Gasteiger partial charge on any atom is 1.00 e. The van der Waals surface area contributed by atoms with E-state index in [2.05, 4.69) is 15.5 Å². The van der Waals surface area contributed by atoms with Crippen molar-refractivity contribution in [3.63, 3.8) is 0 Å². The van der Waals surface area contributed by atoms with E-state index in [4.69, 9.17) is 0 Å². The number of carboxylic acids is 2. The summed E-state index contributed by atoms with van der Waals surface area (Å²) in [5.74, 6) is -3.18. The van der Waals surface area contributed by atoms with E-state index in [0.717, 1.165) is 0 Å². The summed E-state index contributed by atoms with van der Waals surface area (Å²) in [6.45, 7) is 0. The summed E-state index contributed by atoms with van der Waals surface area (Å²) in [6, 6.07) is 5.23. The van der Waals surface area contributed by atoms with Crippen molar-refractivity contribution in [1.82, 2.24) is 20.4 Å². The molecule has 3 N–H and O–H groups in total. The molecule has 0 bridgehead atoms. The molecule has 2 amide bonds. The van der Waals surface area contributed by atoms with Crippen LogP contribution in [-0.4, -0.2) is 80.3 Å². The van der Waals surface area contributed by atoms with Crippen LogP contribution in [0.5, 0.6) is 0 Å². The quantitative estimate of drug-likeness (QED) is 0.276. The van der Waals surface area contributed by atoms with Crippen LogP contribution < -0.4 is 39.8 Å². The van der Waals surface area contributed by atoms with Gasteiger partial charge >= 0.3 is 41.5 Å². The van der Waals surface area contributed by atoms with E-state index in [9.17, 15) is 29.4 Å². The van der Waals surface area contributed by atoms with Gasteiger partial charge in [0.25, 0.3) is 5.91 Å². The zero-order valence-electron chi connectivity index (χ0n) is 19.5. The molecule has 0 radical (unpaired) electrons. The van der Waals surface area contributed by atoms with E-state index in [1.165, 1.54) is 40.1 Å². The molecule has 2 aromatic rings. The molecule has 1 aromatic heterocycles. The van der Waals surface area contributed by atoms with Crippen LogP contribution in [0.2, 0.25) is 0 Å². The number of carbonyl (C=O) groups excluding carboxylic acids is 2. The number of fused-ring (bicyclic) bond motifs is 1. The van der Waals surface area contributed by atoms with E-state index in [1.54, 1.807) is 31.1 Å². The molecule has 14 heteroatoms. The fourth-order valence-corrected chi connectivity index (χ4v) is 5.83. The Bertz CT molecular complexity index is 1210. The SMILES string of the molecule is CN(C)c1nnc(C2=C(C(=O)O)N3C(=O)C(NC(=O)Cc4ccccc4C(=O)O)[C@H]3SC2)s1.[H-].[Na+]. The molecule has 4 rings (SSSR count). The first kappa shape index (κ1) is 26.2. The number of amides is 2. The van der Waals surface area contributed by atoms with Gasteiger partial charge in [0.05, 0.1) is 12.0 Å². The van der Waals surface area contributed by atoms with Gasteiger partial charge in [-0.2, -0.15) is 0 Å². The molecule has 1 fully saturated rings. The molecule has 3 heterocycles. The van der Waals surface area contributed by atoms with Crippen LogP contribution >= 0.6 is 23.1 Å². The van der Waals surface area contributed by atoms with Crippen molar-refractivity contribution in [3.8, 4) is 0 Å². The Balaban J connectivity index is 0.00000216. The van der Waals surface area contributed by atoms with Gasteiger partial charge in [-0.05, 0) is 11.6 Å². The van der Waals surface area contributed by atoms with Crippen LogP contribution in [0.4, 0.5) is 5.13 Å². The Hall–Kier alpha value is -2.45. The molecular formula is C20H20N5NaO6S2. The molecule has 2 atom stereocenters. The minimum Gasteiger partial charge on any atom is -1.00 e. The third-order valence-corrected chi connectivity index (χ3v) is 7.57. The van der Waals surface area contributed by atoms with Crippen LogP contribution in [0.3, 0.4) is 0 Å². The second-order valence-electron chi connectivity index (χ2n) is 7.51. The topological polar surface area (TPSA) is 153 Å². The van der Waals surface area contributed by atoms with Gasteiger partial charge in [0.15, 0.2) is 0 Å². The maximum absolute atomic E-state index is 12.8. The first-order chi connectivity index (χ1) is 15.7. The number of aromatic nitrogens is 2. The second-order valence-corrected chi connectivity index (χ2v) is 9.57. The molecule has 0 saturated carbocycles. The Kier molecular flexibility index (Phi) is 8.03. The number of hydrogen-bond donors (Lipinski definition) is 3. The Morgan fingerprint density at radius 3 is 2.53 bits per heavy atom. The predicted octanol–water partition coefficient (Wildman–Crippen LogP) is -2.14. The molecule has 2 aliphatic rings. The number of β-lactam (4-membered cyclic amide) rings is 1. The normalized spacial score (nSPS) is 19.0. The van der Waals surface area contributed by atoms with Gasteiger partial charge in [-0.25, -0.2) is 9.59 Å². The van der Waals surface area contributed by atoms with Gasteiger partial charge < -0.3 is 21.9 Å². The number of nitrogens with zero attached hydrogens (tertiary/aromatic N) is 4. The van der Waals surface area contributed by atoms with Gasteiger partial charge in [-0.15, -0.1) is 22.0 Å². The number of carboxylic acid groups (broad SMARTS) is 2. The largest absolute Gasteiger partial charge is 1.00 e. The minimum absolute atomic E-state index is 0. The van der Waals surface area contributed by atoms with Crippen molar-refractivity contribution in [2.45, 2.75) is 17.8 Å². The number of thioether (sulfide) groups is 1. The van der Waals surface area contributed by atoms with Crippen molar-refractivity contribution < 1.29 is 60.4 Å². The molecule has 34 heavy (non-hydrogen) atoms. The summed E-state index contributed by atoms with van der Waals surface area (Å²) in [5, 5.41) is 30.3. The first-order valence-electron chi connectivity index (χ1n) is 9.72. The molecule has 2 aliphatic heterocycles. The van der Waals surface area contributed by atoms with E-state index < -0.39 is 35.2 Å². The van der Waals surface area contributed by atoms with Crippen LogP contribution in [-0.2, 0) is 20.8 Å². The van der Waals surface area contributed by atoms with Gasteiger partial charge in [0.1, 0.15) is 22.1 Å². The summed E-state index contributed by atoms with van der Waals surface area (Å²) < 4.78 is 0. The zero-order chi connectivity index (χ0) is 23.9. The summed E-state index contributed by atoms with van der Waals surface area (Å²) in [7, 11) is 3.59. The number of benzene rings is 1. The smallest absolute Gasteiger partial charge is 1.00 e. The number of nitrogens with one attached hydrogen (secondary N) is 1. The Morgan fingerprint density at radius 1 is 1.21 bits per heavy atom. The first-order valence-corrected chi connectivity index (χ1v) is 11.6. The second kappa shape index (κ2) is 10.4. The van der Waals surface area contributed by atoms with Crippen LogP contribution in [0.15, 0.2) is 30.0 Å². The van der Waals surface area contributed by atoms with Gasteiger partial charge in [-0.1, -0.05) is 29.5 Å². The van der Waals surface area contributed by atoms with Crippen molar-refractivity contribution in [1.29, 1.82) is 0 Å². The summed E-state index contributed by atoms with van der Waals surface area (Å²) in [5.41, 5.74) is 0.578. The van der Waals surface area contributed by atoms with Gasteiger partial charge in [0, 0.05) is 25.4 Å². The van der Waals surface area contributed by atoms with Crippen molar-refractivity contribution >= 4 is 57.6 Å². The standard InChI is InChI=1S/C20H19N5O6S2.Na.H/c1-24(2)20-23-22-15(33-20)11-8-32-17-13(16(27)25(17)14(11)19(30)31)21-12(26)7-9-5-3-4-6-10(9)18(28)29;;/h3-6,13,17H,7-8H2,1-2H3,(H,21,26)(H,28,29)(H,30,31);;/q;+1;-1/t13?,17-;;/m1../s1. The molecule has 1 saturated heterocycles. The van der Waals surface area contributed by atoms with E-state index >= 15 is 0 Å². The van der Waals surface area contributed by atoms with Crippen LogP contribution in [0, 0.1) is 0 Å². The van der Waals surface area contributed by atoms with Crippen LogP contribution in [0.25, 0.3) is 5.57 Å². The predicted molar refractivity (Wildman–Crippen MR) is 122 cm³/mol. The third kappa shape index (κ3) is 4.84.